The Balaban J connectivity index is 2.27. The van der Waals surface area contributed by atoms with E-state index >= 15 is 0 Å². The number of carboxylic acids is 1. The van der Waals surface area contributed by atoms with Crippen LogP contribution in [0.2, 0.25) is 0 Å². The van der Waals surface area contributed by atoms with Gasteiger partial charge in [-0.3, -0.25) is 0 Å². The second-order valence-corrected chi connectivity index (χ2v) is 5.81. The van der Waals surface area contributed by atoms with Crippen molar-refractivity contribution < 1.29 is 14.3 Å². The first-order valence-electron chi connectivity index (χ1n) is 6.53. The molecule has 0 saturated carbocycles. The summed E-state index contributed by atoms with van der Waals surface area (Å²) in [6.07, 6.45) is 4.36. The number of hydrogen-bond acceptors (Lipinski definition) is 3. The van der Waals surface area contributed by atoms with Gasteiger partial charge in [0.15, 0.2) is 11.6 Å². The van der Waals surface area contributed by atoms with E-state index < -0.39 is 11.8 Å². The minimum absolute atomic E-state index is 0.164. The molecular weight excluding hydrogens is 247 g/mol. The van der Waals surface area contributed by atoms with Gasteiger partial charge in [0, 0.05) is 19.3 Å². The maximum Gasteiger partial charge on any atom is 0.338 e. The lowest BCUT2D eigenvalue weighted by Gasteiger charge is -2.24. The van der Waals surface area contributed by atoms with Gasteiger partial charge in [-0.2, -0.15) is 0 Å². The summed E-state index contributed by atoms with van der Waals surface area (Å²) in [5.74, 6) is -1.82. The van der Waals surface area contributed by atoms with Gasteiger partial charge in [0.1, 0.15) is 5.56 Å². The molecule has 0 atom stereocenters. The second kappa shape index (κ2) is 5.15. The smallest absolute Gasteiger partial charge is 0.338 e. The first-order chi connectivity index (χ1) is 8.91. The highest BCUT2D eigenvalue weighted by molar-refractivity contribution is 5.88. The molecular formula is C14H19FN2O2. The van der Waals surface area contributed by atoms with Crippen LogP contribution in [0.3, 0.4) is 0 Å². The molecule has 0 bridgehead atoms. The summed E-state index contributed by atoms with van der Waals surface area (Å²) in [5, 5.41) is 8.94. The van der Waals surface area contributed by atoms with E-state index in [9.17, 15) is 9.18 Å². The van der Waals surface area contributed by atoms with Gasteiger partial charge in [-0.1, -0.05) is 13.8 Å². The zero-order valence-corrected chi connectivity index (χ0v) is 11.3. The maximum atomic E-state index is 14.1. The summed E-state index contributed by atoms with van der Waals surface area (Å²) in [4.78, 5) is 16.8. The number of aromatic nitrogens is 1. The summed E-state index contributed by atoms with van der Waals surface area (Å²) in [6, 6.07) is 1.20. The third kappa shape index (κ3) is 3.03. The fraction of sp³-hybridized carbons (Fsp3) is 0.571. The normalized spacial score (nSPS) is 19.0. The molecule has 104 valence electrons. The molecule has 0 aromatic carbocycles. The fourth-order valence-corrected chi connectivity index (χ4v) is 2.45. The molecule has 1 aliphatic rings. The van der Waals surface area contributed by atoms with E-state index in [1.54, 1.807) is 0 Å². The van der Waals surface area contributed by atoms with E-state index in [1.807, 2.05) is 4.90 Å². The van der Waals surface area contributed by atoms with E-state index in [2.05, 4.69) is 18.8 Å². The molecule has 2 heterocycles. The van der Waals surface area contributed by atoms with E-state index in [0.29, 0.717) is 6.54 Å². The molecule has 19 heavy (non-hydrogen) atoms. The molecule has 1 aromatic heterocycles. The average molecular weight is 266 g/mol. The minimum atomic E-state index is -1.25. The van der Waals surface area contributed by atoms with E-state index in [4.69, 9.17) is 5.11 Å². The molecule has 2 rings (SSSR count). The average Bonchev–Trinajstić information content (AvgIpc) is 2.50. The van der Waals surface area contributed by atoms with Crippen LogP contribution < -0.4 is 4.90 Å². The van der Waals surface area contributed by atoms with Crippen LogP contribution in [0.1, 0.15) is 43.5 Å². The van der Waals surface area contributed by atoms with Crippen LogP contribution in [0.15, 0.2) is 12.3 Å². The van der Waals surface area contributed by atoms with Crippen LogP contribution in [-0.2, 0) is 0 Å². The summed E-state index contributed by atoms with van der Waals surface area (Å²) < 4.78 is 14.1. The van der Waals surface area contributed by atoms with Crippen molar-refractivity contribution in [1.82, 2.24) is 4.98 Å². The Labute approximate surface area is 112 Å². The lowest BCUT2D eigenvalue weighted by Crippen LogP contribution is -2.27. The Morgan fingerprint density at radius 2 is 2.16 bits per heavy atom. The van der Waals surface area contributed by atoms with Gasteiger partial charge in [0.2, 0.25) is 0 Å². The highest BCUT2D eigenvalue weighted by atomic mass is 19.1. The number of anilines is 1. The molecule has 0 radical (unpaired) electrons. The topological polar surface area (TPSA) is 53.4 Å². The fourth-order valence-electron chi connectivity index (χ4n) is 2.45. The van der Waals surface area contributed by atoms with Crippen LogP contribution in [0.25, 0.3) is 0 Å². The first-order valence-corrected chi connectivity index (χ1v) is 6.53. The van der Waals surface area contributed by atoms with Gasteiger partial charge < -0.3 is 10.0 Å². The van der Waals surface area contributed by atoms with Gasteiger partial charge in [-0.25, -0.2) is 14.2 Å². The lowest BCUT2D eigenvalue weighted by atomic mass is 9.85. The predicted molar refractivity (Wildman–Crippen MR) is 71.0 cm³/mol. The third-order valence-electron chi connectivity index (χ3n) is 3.74. The monoisotopic (exact) mass is 266 g/mol. The van der Waals surface area contributed by atoms with Crippen LogP contribution >= 0.6 is 0 Å². The highest BCUT2D eigenvalue weighted by Gasteiger charge is 2.26. The van der Waals surface area contributed by atoms with Crippen molar-refractivity contribution in [2.45, 2.75) is 33.1 Å². The molecule has 1 saturated heterocycles. The molecule has 0 aliphatic carbocycles. The van der Waals surface area contributed by atoms with Crippen molar-refractivity contribution >= 4 is 11.8 Å². The molecule has 0 amide bonds. The van der Waals surface area contributed by atoms with Crippen molar-refractivity contribution in [3.8, 4) is 0 Å². The number of nitrogens with zero attached hydrogens (tertiary/aromatic N) is 2. The maximum absolute atomic E-state index is 14.1. The molecule has 1 aromatic rings. The molecule has 0 unspecified atom stereocenters. The third-order valence-corrected chi connectivity index (χ3v) is 3.74. The Morgan fingerprint density at radius 3 is 2.84 bits per heavy atom. The molecule has 4 nitrogen and oxygen atoms in total. The van der Waals surface area contributed by atoms with Crippen LogP contribution in [0.4, 0.5) is 10.2 Å². The van der Waals surface area contributed by atoms with Crippen molar-refractivity contribution in [1.29, 1.82) is 0 Å². The highest BCUT2D eigenvalue weighted by Crippen LogP contribution is 2.32. The van der Waals surface area contributed by atoms with Crippen molar-refractivity contribution in [2.75, 3.05) is 18.0 Å². The number of carbonyl (C=O) groups is 1. The van der Waals surface area contributed by atoms with E-state index in [-0.39, 0.29) is 16.8 Å². The SMILES string of the molecule is CC1(C)CCCN(c2nccc(C(=O)O)c2F)CC1. The van der Waals surface area contributed by atoms with Crippen LogP contribution in [0, 0.1) is 11.2 Å². The molecule has 0 spiro atoms. The molecule has 1 N–H and O–H groups in total. The van der Waals surface area contributed by atoms with Gasteiger partial charge >= 0.3 is 5.97 Å². The van der Waals surface area contributed by atoms with Crippen molar-refractivity contribution in [3.63, 3.8) is 0 Å². The second-order valence-electron chi connectivity index (χ2n) is 5.81. The standard InChI is InChI=1S/C14H19FN2O2/c1-14(2)5-3-8-17(9-6-14)12-11(15)10(13(18)19)4-7-16-12/h4,7H,3,5-6,8-9H2,1-2H3,(H,18,19). The van der Waals surface area contributed by atoms with Gasteiger partial charge in [-0.15, -0.1) is 0 Å². The van der Waals surface area contributed by atoms with Gasteiger partial charge in [0.05, 0.1) is 0 Å². The summed E-state index contributed by atoms with van der Waals surface area (Å²) in [6.45, 7) is 5.83. The Morgan fingerprint density at radius 1 is 1.42 bits per heavy atom. The van der Waals surface area contributed by atoms with Crippen molar-refractivity contribution in [3.05, 3.63) is 23.6 Å². The van der Waals surface area contributed by atoms with Crippen molar-refractivity contribution in [2.24, 2.45) is 5.41 Å². The predicted octanol–water partition coefficient (Wildman–Crippen LogP) is 2.94. The van der Waals surface area contributed by atoms with Crippen LogP contribution in [0.5, 0.6) is 0 Å². The first kappa shape index (κ1) is 13.8. The zero-order chi connectivity index (χ0) is 14.0. The molecule has 5 heteroatoms. The number of carboxylic acid groups (broad SMARTS) is 1. The van der Waals surface area contributed by atoms with E-state index in [0.717, 1.165) is 25.8 Å². The molecule has 1 fully saturated rings. The van der Waals surface area contributed by atoms with Gasteiger partial charge in [0.25, 0.3) is 0 Å². The largest absolute Gasteiger partial charge is 0.478 e. The molecule has 1 aliphatic heterocycles. The number of hydrogen-bond donors (Lipinski definition) is 1. The van der Waals surface area contributed by atoms with Crippen LogP contribution in [-0.4, -0.2) is 29.1 Å². The quantitative estimate of drug-likeness (QED) is 0.894. The Kier molecular flexibility index (Phi) is 3.73. The lowest BCUT2D eigenvalue weighted by molar-refractivity contribution is 0.0691. The van der Waals surface area contributed by atoms with E-state index in [1.165, 1.54) is 12.3 Å². The number of pyridine rings is 1. The summed E-state index contributed by atoms with van der Waals surface area (Å²) in [5.41, 5.74) is -0.0659. The zero-order valence-electron chi connectivity index (χ0n) is 11.3. The summed E-state index contributed by atoms with van der Waals surface area (Å²) >= 11 is 0. The Hall–Kier alpha value is -1.65. The van der Waals surface area contributed by atoms with Gasteiger partial charge in [-0.05, 0) is 30.7 Å². The summed E-state index contributed by atoms with van der Waals surface area (Å²) in [7, 11) is 0. The Bertz CT molecular complexity index is 488. The number of rotatable bonds is 2. The number of halogens is 1. The minimum Gasteiger partial charge on any atom is -0.478 e. The number of aromatic carboxylic acids is 1.